The minimum Gasteiger partial charge on any atom is -0.510 e. The fourth-order valence-corrected chi connectivity index (χ4v) is 2.54. The molecule has 0 saturated carbocycles. The molecule has 0 aliphatic heterocycles. The molecule has 6 heteroatoms. The van der Waals surface area contributed by atoms with E-state index in [1.54, 1.807) is 0 Å². The number of aliphatic hydroxyl groups excluding tert-OH is 6. The van der Waals surface area contributed by atoms with Crippen LogP contribution >= 0.6 is 0 Å². The summed E-state index contributed by atoms with van der Waals surface area (Å²) in [6.45, 7) is 3.24. The molecule has 0 aromatic rings. The van der Waals surface area contributed by atoms with Crippen LogP contribution in [0.15, 0.2) is 35.6 Å². The van der Waals surface area contributed by atoms with Crippen LogP contribution in [0, 0.1) is 5.41 Å². The Morgan fingerprint density at radius 2 is 1.87 bits per heavy atom. The Kier molecular flexibility index (Phi) is 7.44. The molecule has 5 atom stereocenters. The van der Waals surface area contributed by atoms with E-state index < -0.39 is 42.2 Å². The van der Waals surface area contributed by atoms with Crippen LogP contribution in [0.3, 0.4) is 0 Å². The van der Waals surface area contributed by atoms with Gasteiger partial charge >= 0.3 is 0 Å². The third-order valence-corrected chi connectivity index (χ3v) is 4.43. The summed E-state index contributed by atoms with van der Waals surface area (Å²) in [5, 5.41) is 57.6. The van der Waals surface area contributed by atoms with E-state index in [9.17, 15) is 25.5 Å². The van der Waals surface area contributed by atoms with Crippen molar-refractivity contribution in [2.75, 3.05) is 6.61 Å². The summed E-state index contributed by atoms with van der Waals surface area (Å²) in [7, 11) is 0. The summed E-state index contributed by atoms with van der Waals surface area (Å²) < 4.78 is 0. The summed E-state index contributed by atoms with van der Waals surface area (Å²) in [5.74, 6) is -0.471. The molecule has 1 aliphatic carbocycles. The van der Waals surface area contributed by atoms with Crippen molar-refractivity contribution >= 4 is 0 Å². The average molecular weight is 328 g/mol. The number of rotatable bonds is 8. The lowest BCUT2D eigenvalue weighted by atomic mass is 9.76. The topological polar surface area (TPSA) is 121 Å². The highest BCUT2D eigenvalue weighted by Crippen LogP contribution is 2.36. The molecule has 1 rings (SSSR count). The van der Waals surface area contributed by atoms with E-state index >= 15 is 0 Å². The Bertz CT molecular complexity index is 470. The Morgan fingerprint density at radius 1 is 1.22 bits per heavy atom. The number of allylic oxidation sites excluding steroid dienone is 5. The Morgan fingerprint density at radius 3 is 2.30 bits per heavy atom. The van der Waals surface area contributed by atoms with Crippen molar-refractivity contribution in [2.24, 2.45) is 5.41 Å². The molecule has 1 unspecified atom stereocenters. The van der Waals surface area contributed by atoms with Gasteiger partial charge in [0.05, 0.1) is 6.61 Å². The fraction of sp³-hybridized carbons (Fsp3) is 0.647. The second kappa shape index (κ2) is 8.61. The quantitative estimate of drug-likeness (QED) is 0.362. The predicted octanol–water partition coefficient (Wildman–Crippen LogP) is 0.557. The van der Waals surface area contributed by atoms with Crippen LogP contribution < -0.4 is 0 Å². The normalized spacial score (nSPS) is 27.3. The van der Waals surface area contributed by atoms with E-state index in [0.717, 1.165) is 6.42 Å². The second-order valence-electron chi connectivity index (χ2n) is 6.00. The first-order valence-corrected chi connectivity index (χ1v) is 7.93. The van der Waals surface area contributed by atoms with Gasteiger partial charge in [-0.1, -0.05) is 37.6 Å². The van der Waals surface area contributed by atoms with Crippen LogP contribution in [-0.2, 0) is 0 Å². The second-order valence-corrected chi connectivity index (χ2v) is 6.00. The summed E-state index contributed by atoms with van der Waals surface area (Å²) in [4.78, 5) is 0. The van der Waals surface area contributed by atoms with Gasteiger partial charge in [-0.25, -0.2) is 0 Å². The molecule has 1 aliphatic rings. The van der Waals surface area contributed by atoms with Crippen molar-refractivity contribution in [3.63, 3.8) is 0 Å². The minimum absolute atomic E-state index is 0.468. The third-order valence-electron chi connectivity index (χ3n) is 4.43. The van der Waals surface area contributed by atoms with Crippen molar-refractivity contribution in [1.82, 2.24) is 0 Å². The summed E-state index contributed by atoms with van der Waals surface area (Å²) in [6, 6.07) is 0. The lowest BCUT2D eigenvalue weighted by Crippen LogP contribution is -2.46. The highest BCUT2D eigenvalue weighted by molar-refractivity contribution is 5.30. The van der Waals surface area contributed by atoms with Crippen LogP contribution in [0.4, 0.5) is 0 Å². The van der Waals surface area contributed by atoms with Crippen LogP contribution in [0.2, 0.25) is 0 Å². The molecular formula is C17H28O6. The van der Waals surface area contributed by atoms with Crippen LogP contribution in [0.5, 0.6) is 0 Å². The molecule has 23 heavy (non-hydrogen) atoms. The number of hydrogen-bond donors (Lipinski definition) is 6. The zero-order valence-corrected chi connectivity index (χ0v) is 13.6. The van der Waals surface area contributed by atoms with Crippen molar-refractivity contribution in [1.29, 1.82) is 0 Å². The van der Waals surface area contributed by atoms with E-state index in [4.69, 9.17) is 5.11 Å². The largest absolute Gasteiger partial charge is 0.510 e. The van der Waals surface area contributed by atoms with Crippen molar-refractivity contribution < 1.29 is 30.6 Å². The maximum Gasteiger partial charge on any atom is 0.139 e. The maximum atomic E-state index is 10.1. The van der Waals surface area contributed by atoms with Gasteiger partial charge in [-0.05, 0) is 25.3 Å². The Hall–Kier alpha value is -1.18. The van der Waals surface area contributed by atoms with E-state index in [1.807, 2.05) is 19.1 Å². The zero-order chi connectivity index (χ0) is 17.6. The van der Waals surface area contributed by atoms with E-state index in [-0.39, 0.29) is 0 Å². The van der Waals surface area contributed by atoms with Crippen LogP contribution in [-0.4, -0.2) is 61.7 Å². The van der Waals surface area contributed by atoms with Gasteiger partial charge in [-0.15, -0.1) is 0 Å². The molecule has 0 fully saturated rings. The van der Waals surface area contributed by atoms with Gasteiger partial charge in [-0.3, -0.25) is 0 Å². The van der Waals surface area contributed by atoms with Crippen molar-refractivity contribution in [3.05, 3.63) is 35.6 Å². The predicted molar refractivity (Wildman–Crippen MR) is 86.7 cm³/mol. The molecule has 0 aromatic carbocycles. The maximum absolute atomic E-state index is 10.1. The number of aliphatic hydroxyl groups is 6. The van der Waals surface area contributed by atoms with Gasteiger partial charge in [-0.2, -0.15) is 0 Å². The summed E-state index contributed by atoms with van der Waals surface area (Å²) in [6.07, 6.45) is 2.82. The highest BCUT2D eigenvalue weighted by Gasteiger charge is 2.34. The van der Waals surface area contributed by atoms with Crippen molar-refractivity contribution in [3.8, 4) is 0 Å². The third kappa shape index (κ3) is 4.89. The van der Waals surface area contributed by atoms with E-state index in [2.05, 4.69) is 13.0 Å². The molecule has 0 radical (unpaired) electrons. The van der Waals surface area contributed by atoms with Crippen LogP contribution in [0.1, 0.15) is 33.1 Å². The Balaban J connectivity index is 2.89. The standard InChI is InChI=1S/C17H28O6/c1-3-11-5-7-17(4-2,8-6-11)9-12(19)14(21)16(23)15(22)13(20)10-18/h5-7,9,13-16,18-23H,3-4,8,10H2,1-2H3/t13-,14+,15-,16-,17?/m1/s1. The molecular weight excluding hydrogens is 300 g/mol. The van der Waals surface area contributed by atoms with E-state index in [0.29, 0.717) is 12.8 Å². The molecule has 0 spiro atoms. The molecule has 132 valence electrons. The lowest BCUT2D eigenvalue weighted by molar-refractivity contribution is -0.113. The Labute approximate surface area is 136 Å². The molecule has 0 heterocycles. The molecule has 0 amide bonds. The molecule has 0 saturated heterocycles. The van der Waals surface area contributed by atoms with E-state index in [1.165, 1.54) is 11.6 Å². The highest BCUT2D eigenvalue weighted by atomic mass is 16.4. The smallest absolute Gasteiger partial charge is 0.139 e. The molecule has 6 N–H and O–H groups in total. The first kappa shape index (κ1) is 19.9. The van der Waals surface area contributed by atoms with Gasteiger partial charge in [0.1, 0.15) is 30.2 Å². The summed E-state index contributed by atoms with van der Waals surface area (Å²) in [5.41, 5.74) is 0.730. The molecule has 0 aromatic heterocycles. The van der Waals surface area contributed by atoms with Gasteiger partial charge in [0, 0.05) is 5.41 Å². The van der Waals surface area contributed by atoms with Crippen LogP contribution in [0.25, 0.3) is 0 Å². The van der Waals surface area contributed by atoms with Crippen molar-refractivity contribution in [2.45, 2.75) is 57.5 Å². The number of hydrogen-bond acceptors (Lipinski definition) is 6. The lowest BCUT2D eigenvalue weighted by Gasteiger charge is -2.30. The first-order valence-electron chi connectivity index (χ1n) is 7.93. The monoisotopic (exact) mass is 328 g/mol. The van der Waals surface area contributed by atoms with Gasteiger partial charge < -0.3 is 30.6 Å². The zero-order valence-electron chi connectivity index (χ0n) is 13.6. The fourth-order valence-electron chi connectivity index (χ4n) is 2.54. The minimum atomic E-state index is -1.81. The molecule has 6 nitrogen and oxygen atoms in total. The average Bonchev–Trinajstić information content (AvgIpc) is 2.59. The van der Waals surface area contributed by atoms with Gasteiger partial charge in [0.25, 0.3) is 0 Å². The summed E-state index contributed by atoms with van der Waals surface area (Å²) >= 11 is 0. The SMILES string of the molecule is CCC1=CCC(C=C(O)[C@H](O)[C@@H](O)[C@H](O)[C@H](O)CO)(CC)C=C1. The van der Waals surface area contributed by atoms with Gasteiger partial charge in [0.2, 0.25) is 0 Å². The molecule has 0 bridgehead atoms. The van der Waals surface area contributed by atoms with Gasteiger partial charge in [0.15, 0.2) is 0 Å². The first-order chi connectivity index (χ1) is 10.8.